The van der Waals surface area contributed by atoms with Gasteiger partial charge in [0.15, 0.2) is 5.84 Å². The Bertz CT molecular complexity index is 208. The molecule has 0 atom stereocenters. The van der Waals surface area contributed by atoms with E-state index in [0.717, 1.165) is 0 Å². The number of alkyl halides is 3. The summed E-state index contributed by atoms with van der Waals surface area (Å²) in [6.07, 6.45) is -4.62. The van der Waals surface area contributed by atoms with Crippen LogP contribution in [0, 0.1) is 0 Å². The molecule has 0 spiro atoms. The molecule has 0 aromatic heterocycles. The lowest BCUT2D eigenvalue weighted by atomic mass is 10.4. The van der Waals surface area contributed by atoms with Crippen molar-refractivity contribution in [3.63, 3.8) is 0 Å². The zero-order chi connectivity index (χ0) is 11.9. The van der Waals surface area contributed by atoms with Crippen molar-refractivity contribution in [1.82, 2.24) is 4.90 Å². The summed E-state index contributed by atoms with van der Waals surface area (Å²) in [5.41, 5.74) is 5.20. The largest absolute Gasteiger partial charge is 0.522 e. The molecule has 0 aliphatic heterocycles. The lowest BCUT2D eigenvalue weighted by Crippen LogP contribution is -2.36. The molecule has 0 rings (SSSR count). The number of ether oxygens (including phenoxy) is 1. The van der Waals surface area contributed by atoms with Gasteiger partial charge in [-0.1, -0.05) is 12.1 Å². The first-order valence-electron chi connectivity index (χ1n) is 4.28. The Kier molecular flexibility index (Phi) is 6.02. The van der Waals surface area contributed by atoms with Crippen LogP contribution in [-0.2, 0) is 4.74 Å². The molecular formula is C7H14F3N3O2. The number of amidine groups is 1. The number of nitrogens with two attached hydrogens (primary N) is 1. The van der Waals surface area contributed by atoms with E-state index in [9.17, 15) is 13.2 Å². The standard InChI is InChI=1S/C7H14F3N3O2/c1-2-13(5-6(11)12-14)3-4-15-7(8,9)10/h14H,2-5H2,1H3,(H2,11,12). The zero-order valence-corrected chi connectivity index (χ0v) is 8.29. The summed E-state index contributed by atoms with van der Waals surface area (Å²) in [5.74, 6) is -0.0520. The predicted octanol–water partition coefficient (Wildman–Crippen LogP) is 0.591. The average molecular weight is 229 g/mol. The number of hydrogen-bond acceptors (Lipinski definition) is 4. The van der Waals surface area contributed by atoms with Gasteiger partial charge in [0.2, 0.25) is 0 Å². The second-order valence-electron chi connectivity index (χ2n) is 2.75. The third-order valence-electron chi connectivity index (χ3n) is 1.63. The van der Waals surface area contributed by atoms with Crippen LogP contribution in [0.15, 0.2) is 5.16 Å². The lowest BCUT2D eigenvalue weighted by molar-refractivity contribution is -0.324. The van der Waals surface area contributed by atoms with Crippen molar-refractivity contribution >= 4 is 5.84 Å². The maximum absolute atomic E-state index is 11.6. The summed E-state index contributed by atoms with van der Waals surface area (Å²) < 4.78 is 38.4. The molecule has 0 saturated carbocycles. The van der Waals surface area contributed by atoms with Crippen LogP contribution < -0.4 is 5.73 Å². The van der Waals surface area contributed by atoms with E-state index in [0.29, 0.717) is 6.54 Å². The summed E-state index contributed by atoms with van der Waals surface area (Å²) >= 11 is 0. The van der Waals surface area contributed by atoms with Crippen LogP contribution in [-0.4, -0.2) is 48.5 Å². The van der Waals surface area contributed by atoms with Gasteiger partial charge in [-0.3, -0.25) is 9.64 Å². The normalized spacial score (nSPS) is 13.5. The second kappa shape index (κ2) is 6.46. The van der Waals surface area contributed by atoms with Crippen molar-refractivity contribution in [2.75, 3.05) is 26.2 Å². The number of rotatable bonds is 6. The molecule has 3 N–H and O–H groups in total. The monoisotopic (exact) mass is 229 g/mol. The predicted molar refractivity (Wildman–Crippen MR) is 47.5 cm³/mol. The summed E-state index contributed by atoms with van der Waals surface area (Å²) in [5, 5.41) is 11.0. The van der Waals surface area contributed by atoms with E-state index in [1.54, 1.807) is 11.8 Å². The van der Waals surface area contributed by atoms with E-state index in [-0.39, 0.29) is 18.9 Å². The van der Waals surface area contributed by atoms with Crippen molar-refractivity contribution in [2.24, 2.45) is 10.9 Å². The third kappa shape index (κ3) is 8.01. The molecule has 0 heterocycles. The van der Waals surface area contributed by atoms with Gasteiger partial charge in [-0.2, -0.15) is 0 Å². The number of nitrogens with zero attached hydrogens (tertiary/aromatic N) is 2. The first kappa shape index (κ1) is 14.0. The molecule has 15 heavy (non-hydrogen) atoms. The van der Waals surface area contributed by atoms with Gasteiger partial charge < -0.3 is 10.9 Å². The molecule has 0 radical (unpaired) electrons. The fraction of sp³-hybridized carbons (Fsp3) is 0.857. The molecule has 0 aromatic rings. The highest BCUT2D eigenvalue weighted by atomic mass is 19.4. The van der Waals surface area contributed by atoms with Crippen LogP contribution in [0.2, 0.25) is 0 Å². The van der Waals surface area contributed by atoms with Gasteiger partial charge >= 0.3 is 6.36 Å². The number of oxime groups is 1. The van der Waals surface area contributed by atoms with Crippen molar-refractivity contribution in [1.29, 1.82) is 0 Å². The highest BCUT2D eigenvalue weighted by Crippen LogP contribution is 2.15. The van der Waals surface area contributed by atoms with Crippen molar-refractivity contribution < 1.29 is 23.1 Å². The quantitative estimate of drug-likeness (QED) is 0.302. The van der Waals surface area contributed by atoms with Crippen molar-refractivity contribution in [3.8, 4) is 0 Å². The van der Waals surface area contributed by atoms with Crippen LogP contribution in [0.4, 0.5) is 13.2 Å². The first-order chi connectivity index (χ1) is 6.89. The summed E-state index contributed by atoms with van der Waals surface area (Å²) in [6, 6.07) is 0. The summed E-state index contributed by atoms with van der Waals surface area (Å²) in [4.78, 5) is 1.56. The lowest BCUT2D eigenvalue weighted by Gasteiger charge is -2.19. The molecule has 0 aromatic carbocycles. The summed E-state index contributed by atoms with van der Waals surface area (Å²) in [7, 11) is 0. The Balaban J connectivity index is 3.81. The number of halogens is 3. The van der Waals surface area contributed by atoms with Crippen LogP contribution in [0.1, 0.15) is 6.92 Å². The van der Waals surface area contributed by atoms with Crippen LogP contribution >= 0.6 is 0 Å². The molecule has 0 bridgehead atoms. The fourth-order valence-electron chi connectivity index (χ4n) is 0.900. The van der Waals surface area contributed by atoms with Gasteiger partial charge in [-0.05, 0) is 6.54 Å². The zero-order valence-electron chi connectivity index (χ0n) is 8.29. The molecule has 0 aliphatic rings. The Morgan fingerprint density at radius 1 is 1.53 bits per heavy atom. The number of hydrogen-bond donors (Lipinski definition) is 2. The molecule has 0 aliphatic carbocycles. The molecule has 90 valence electrons. The Labute approximate surface area is 85.3 Å². The van der Waals surface area contributed by atoms with Crippen LogP contribution in [0.3, 0.4) is 0 Å². The van der Waals surface area contributed by atoms with E-state index < -0.39 is 13.0 Å². The van der Waals surface area contributed by atoms with E-state index in [1.807, 2.05) is 0 Å². The maximum atomic E-state index is 11.6. The average Bonchev–Trinajstić information content (AvgIpc) is 2.14. The SMILES string of the molecule is CCN(CCOC(F)(F)F)CC(N)=NO. The van der Waals surface area contributed by atoms with Gasteiger partial charge in [-0.15, -0.1) is 13.2 Å². The van der Waals surface area contributed by atoms with Gasteiger partial charge in [0.05, 0.1) is 13.2 Å². The smallest absolute Gasteiger partial charge is 0.409 e. The Morgan fingerprint density at radius 2 is 2.13 bits per heavy atom. The van der Waals surface area contributed by atoms with E-state index >= 15 is 0 Å². The van der Waals surface area contributed by atoms with E-state index in [2.05, 4.69) is 9.89 Å². The van der Waals surface area contributed by atoms with Crippen LogP contribution in [0.5, 0.6) is 0 Å². The maximum Gasteiger partial charge on any atom is 0.522 e. The first-order valence-corrected chi connectivity index (χ1v) is 4.28. The van der Waals surface area contributed by atoms with Crippen molar-refractivity contribution in [3.05, 3.63) is 0 Å². The minimum atomic E-state index is -4.62. The van der Waals surface area contributed by atoms with Gasteiger partial charge in [0.25, 0.3) is 0 Å². The minimum Gasteiger partial charge on any atom is -0.409 e. The molecular weight excluding hydrogens is 215 g/mol. The Hall–Kier alpha value is -1.02. The van der Waals surface area contributed by atoms with Crippen LogP contribution in [0.25, 0.3) is 0 Å². The minimum absolute atomic E-state index is 0.0520. The molecule has 0 fully saturated rings. The molecule has 8 heteroatoms. The van der Waals surface area contributed by atoms with Gasteiger partial charge in [0, 0.05) is 6.54 Å². The van der Waals surface area contributed by atoms with E-state index in [4.69, 9.17) is 10.9 Å². The molecule has 5 nitrogen and oxygen atoms in total. The second-order valence-corrected chi connectivity index (χ2v) is 2.75. The van der Waals surface area contributed by atoms with Gasteiger partial charge in [0.1, 0.15) is 0 Å². The topological polar surface area (TPSA) is 71.1 Å². The third-order valence-corrected chi connectivity index (χ3v) is 1.63. The molecule has 0 saturated heterocycles. The molecule has 0 amide bonds. The number of likely N-dealkylation sites (N-methyl/N-ethyl adjacent to an activating group) is 1. The highest BCUT2D eigenvalue weighted by molar-refractivity contribution is 5.81. The molecule has 0 unspecified atom stereocenters. The van der Waals surface area contributed by atoms with Gasteiger partial charge in [-0.25, -0.2) is 0 Å². The van der Waals surface area contributed by atoms with E-state index in [1.165, 1.54) is 0 Å². The van der Waals surface area contributed by atoms with Crippen molar-refractivity contribution in [2.45, 2.75) is 13.3 Å². The Morgan fingerprint density at radius 3 is 2.53 bits per heavy atom. The summed E-state index contributed by atoms with van der Waals surface area (Å²) in [6.45, 7) is 1.92. The fourth-order valence-corrected chi connectivity index (χ4v) is 0.900. The highest BCUT2D eigenvalue weighted by Gasteiger charge is 2.28.